The Balaban J connectivity index is 1.22. The van der Waals surface area contributed by atoms with E-state index >= 15 is 0 Å². The Morgan fingerprint density at radius 3 is 2.26 bits per heavy atom. The molecular weight excluding hydrogens is 338 g/mol. The molecule has 0 saturated heterocycles. The van der Waals surface area contributed by atoms with Gasteiger partial charge in [-0.15, -0.1) is 0 Å². The molecule has 4 aliphatic carbocycles. The molecule has 4 heteroatoms. The van der Waals surface area contributed by atoms with Gasteiger partial charge in [0.1, 0.15) is 0 Å². The molecule has 1 amide bonds. The molecule has 4 aliphatic rings. The van der Waals surface area contributed by atoms with Crippen LogP contribution in [0.15, 0.2) is 18.2 Å². The second kappa shape index (κ2) is 7.73. The molecule has 4 fully saturated rings. The summed E-state index contributed by atoms with van der Waals surface area (Å²) in [6.07, 6.45) is 11.1. The van der Waals surface area contributed by atoms with E-state index in [1.54, 1.807) is 14.2 Å². The van der Waals surface area contributed by atoms with Crippen molar-refractivity contribution in [1.82, 2.24) is 5.32 Å². The molecule has 27 heavy (non-hydrogen) atoms. The highest BCUT2D eigenvalue weighted by molar-refractivity contribution is 5.76. The van der Waals surface area contributed by atoms with Crippen LogP contribution in [0, 0.1) is 23.2 Å². The smallest absolute Gasteiger partial charge is 0.220 e. The normalized spacial score (nSPS) is 31.0. The van der Waals surface area contributed by atoms with E-state index in [0.717, 1.165) is 47.8 Å². The molecule has 148 valence electrons. The molecule has 4 saturated carbocycles. The number of hydrogen-bond donors (Lipinski definition) is 1. The molecule has 1 N–H and O–H groups in total. The molecule has 5 rings (SSSR count). The van der Waals surface area contributed by atoms with Crippen LogP contribution in [0.1, 0.15) is 56.9 Å². The van der Waals surface area contributed by atoms with Crippen molar-refractivity contribution in [3.05, 3.63) is 23.8 Å². The van der Waals surface area contributed by atoms with Crippen LogP contribution in [0.5, 0.6) is 11.5 Å². The largest absolute Gasteiger partial charge is 0.493 e. The van der Waals surface area contributed by atoms with Crippen molar-refractivity contribution in [3.63, 3.8) is 0 Å². The topological polar surface area (TPSA) is 47.6 Å². The first kappa shape index (κ1) is 18.6. The second-order valence-electron chi connectivity index (χ2n) is 9.21. The predicted molar refractivity (Wildman–Crippen MR) is 106 cm³/mol. The van der Waals surface area contributed by atoms with Gasteiger partial charge in [0.05, 0.1) is 14.2 Å². The summed E-state index contributed by atoms with van der Waals surface area (Å²) in [5.41, 5.74) is 1.65. The van der Waals surface area contributed by atoms with Crippen LogP contribution >= 0.6 is 0 Å². The minimum Gasteiger partial charge on any atom is -0.493 e. The van der Waals surface area contributed by atoms with Crippen LogP contribution in [0.3, 0.4) is 0 Å². The molecule has 0 aromatic heterocycles. The average Bonchev–Trinajstić information content (AvgIpc) is 2.65. The van der Waals surface area contributed by atoms with E-state index in [0.29, 0.717) is 11.8 Å². The highest BCUT2D eigenvalue weighted by atomic mass is 16.5. The summed E-state index contributed by atoms with van der Waals surface area (Å²) >= 11 is 0. The van der Waals surface area contributed by atoms with Gasteiger partial charge in [0.2, 0.25) is 5.91 Å². The van der Waals surface area contributed by atoms with E-state index in [2.05, 4.69) is 5.32 Å². The van der Waals surface area contributed by atoms with Crippen LogP contribution in [0.4, 0.5) is 0 Å². The van der Waals surface area contributed by atoms with Gasteiger partial charge in [0, 0.05) is 13.0 Å². The SMILES string of the molecule is COc1ccc(CCC(=O)NCCC23CC4CC(CC(C4)C2)C3)cc1OC. The van der Waals surface area contributed by atoms with Gasteiger partial charge >= 0.3 is 0 Å². The maximum Gasteiger partial charge on any atom is 0.220 e. The Morgan fingerprint density at radius 1 is 1.04 bits per heavy atom. The fourth-order valence-corrected chi connectivity index (χ4v) is 6.45. The first-order valence-electron chi connectivity index (χ1n) is 10.6. The highest BCUT2D eigenvalue weighted by Crippen LogP contribution is 2.61. The zero-order valence-corrected chi connectivity index (χ0v) is 16.8. The number of nitrogens with one attached hydrogen (secondary N) is 1. The van der Waals surface area contributed by atoms with E-state index < -0.39 is 0 Å². The summed E-state index contributed by atoms with van der Waals surface area (Å²) in [4.78, 5) is 12.3. The summed E-state index contributed by atoms with van der Waals surface area (Å²) in [5.74, 6) is 4.55. The number of methoxy groups -OCH3 is 2. The minimum absolute atomic E-state index is 0.162. The molecule has 4 bridgehead atoms. The number of aryl methyl sites for hydroxylation is 1. The number of hydrogen-bond acceptors (Lipinski definition) is 3. The van der Waals surface area contributed by atoms with Crippen molar-refractivity contribution < 1.29 is 14.3 Å². The van der Waals surface area contributed by atoms with Crippen LogP contribution < -0.4 is 14.8 Å². The van der Waals surface area contributed by atoms with Crippen LogP contribution in [-0.2, 0) is 11.2 Å². The molecule has 0 atom stereocenters. The van der Waals surface area contributed by atoms with Gasteiger partial charge in [0.25, 0.3) is 0 Å². The number of carbonyl (C=O) groups excluding carboxylic acids is 1. The fraction of sp³-hybridized carbons (Fsp3) is 0.696. The Bertz CT molecular complexity index is 649. The Kier molecular flexibility index (Phi) is 5.34. The summed E-state index contributed by atoms with van der Waals surface area (Å²) in [6, 6.07) is 5.87. The van der Waals surface area contributed by atoms with E-state index in [1.165, 1.54) is 44.9 Å². The standard InChI is InChI=1S/C23H33NO3/c1-26-20-5-3-16(12-21(20)27-2)4-6-22(25)24-8-7-23-13-17-9-18(14-23)11-19(10-17)15-23/h3,5,12,17-19H,4,6-11,13-15H2,1-2H3,(H,24,25). The van der Waals surface area contributed by atoms with Crippen molar-refractivity contribution >= 4 is 5.91 Å². The number of benzene rings is 1. The van der Waals surface area contributed by atoms with Crippen LogP contribution in [0.2, 0.25) is 0 Å². The zero-order valence-electron chi connectivity index (χ0n) is 16.8. The Labute approximate surface area is 163 Å². The van der Waals surface area contributed by atoms with Crippen molar-refractivity contribution in [2.24, 2.45) is 23.2 Å². The highest BCUT2D eigenvalue weighted by Gasteiger charge is 2.50. The third-order valence-electron chi connectivity index (χ3n) is 7.23. The van der Waals surface area contributed by atoms with E-state index in [9.17, 15) is 4.79 Å². The molecular formula is C23H33NO3. The lowest BCUT2D eigenvalue weighted by atomic mass is 9.49. The van der Waals surface area contributed by atoms with Crippen molar-refractivity contribution in [2.75, 3.05) is 20.8 Å². The molecule has 0 heterocycles. The molecule has 4 nitrogen and oxygen atoms in total. The van der Waals surface area contributed by atoms with Crippen molar-refractivity contribution in [2.45, 2.75) is 57.8 Å². The van der Waals surface area contributed by atoms with Gasteiger partial charge in [-0.2, -0.15) is 0 Å². The van der Waals surface area contributed by atoms with E-state index in [-0.39, 0.29) is 5.91 Å². The molecule has 1 aromatic rings. The Morgan fingerprint density at radius 2 is 1.67 bits per heavy atom. The van der Waals surface area contributed by atoms with Crippen molar-refractivity contribution in [3.8, 4) is 11.5 Å². The maximum absolute atomic E-state index is 12.3. The van der Waals surface area contributed by atoms with Gasteiger partial charge in [-0.05, 0) is 92.2 Å². The number of carbonyl (C=O) groups is 1. The van der Waals surface area contributed by atoms with E-state index in [1.807, 2.05) is 18.2 Å². The van der Waals surface area contributed by atoms with E-state index in [4.69, 9.17) is 9.47 Å². The average molecular weight is 372 g/mol. The second-order valence-corrected chi connectivity index (χ2v) is 9.21. The summed E-state index contributed by atoms with van der Waals surface area (Å²) in [7, 11) is 3.27. The molecule has 0 unspecified atom stereocenters. The third kappa shape index (κ3) is 4.09. The number of amides is 1. The van der Waals surface area contributed by atoms with Gasteiger partial charge in [-0.1, -0.05) is 6.07 Å². The fourth-order valence-electron chi connectivity index (χ4n) is 6.45. The van der Waals surface area contributed by atoms with Gasteiger partial charge in [-0.25, -0.2) is 0 Å². The van der Waals surface area contributed by atoms with Crippen LogP contribution in [0.25, 0.3) is 0 Å². The first-order chi connectivity index (χ1) is 13.1. The summed E-state index contributed by atoms with van der Waals surface area (Å²) in [5, 5.41) is 3.18. The lowest BCUT2D eigenvalue weighted by molar-refractivity contribution is -0.121. The lowest BCUT2D eigenvalue weighted by Gasteiger charge is -2.57. The summed E-state index contributed by atoms with van der Waals surface area (Å²) in [6.45, 7) is 0.844. The quantitative estimate of drug-likeness (QED) is 0.739. The monoisotopic (exact) mass is 371 g/mol. The predicted octanol–water partition coefficient (Wildman–Crippen LogP) is 4.36. The number of ether oxygens (including phenoxy) is 2. The molecule has 0 aliphatic heterocycles. The van der Waals surface area contributed by atoms with Gasteiger partial charge in [0.15, 0.2) is 11.5 Å². The lowest BCUT2D eigenvalue weighted by Crippen LogP contribution is -2.47. The third-order valence-corrected chi connectivity index (χ3v) is 7.23. The molecule has 0 spiro atoms. The number of rotatable bonds is 8. The first-order valence-corrected chi connectivity index (χ1v) is 10.6. The van der Waals surface area contributed by atoms with Gasteiger partial charge < -0.3 is 14.8 Å². The zero-order chi connectivity index (χ0) is 18.9. The molecule has 0 radical (unpaired) electrons. The minimum atomic E-state index is 0.162. The molecule has 1 aromatic carbocycles. The maximum atomic E-state index is 12.3. The van der Waals surface area contributed by atoms with Crippen molar-refractivity contribution in [1.29, 1.82) is 0 Å². The van der Waals surface area contributed by atoms with Gasteiger partial charge in [-0.3, -0.25) is 4.79 Å². The Hall–Kier alpha value is -1.71. The summed E-state index contributed by atoms with van der Waals surface area (Å²) < 4.78 is 10.6. The van der Waals surface area contributed by atoms with Crippen LogP contribution in [-0.4, -0.2) is 26.7 Å².